The van der Waals surface area contributed by atoms with Gasteiger partial charge in [0.05, 0.1) is 11.4 Å². The molecule has 104 valence electrons. The third kappa shape index (κ3) is 2.21. The van der Waals surface area contributed by atoms with Gasteiger partial charge in [-0.2, -0.15) is 0 Å². The van der Waals surface area contributed by atoms with Crippen LogP contribution in [0, 0.1) is 25.7 Å². The van der Waals surface area contributed by atoms with E-state index >= 15 is 0 Å². The third-order valence-corrected chi connectivity index (χ3v) is 5.77. The van der Waals surface area contributed by atoms with Crippen molar-refractivity contribution >= 4 is 16.3 Å². The van der Waals surface area contributed by atoms with Crippen LogP contribution in [-0.4, -0.2) is 15.4 Å². The highest BCUT2D eigenvalue weighted by Gasteiger charge is 2.29. The average molecular weight is 277 g/mol. The minimum Gasteiger partial charge on any atom is -0.308 e. The van der Waals surface area contributed by atoms with Crippen LogP contribution in [0.5, 0.6) is 0 Å². The molecule has 3 atom stereocenters. The maximum atomic E-state index is 4.65. The van der Waals surface area contributed by atoms with E-state index in [1.54, 1.807) is 11.3 Å². The second-order valence-electron chi connectivity index (χ2n) is 6.04. The van der Waals surface area contributed by atoms with Crippen LogP contribution in [0.4, 0.5) is 0 Å². The summed E-state index contributed by atoms with van der Waals surface area (Å²) >= 11 is 1.73. The molecule has 0 aliphatic heterocycles. The molecule has 3 unspecified atom stereocenters. The quantitative estimate of drug-likeness (QED) is 0.930. The second kappa shape index (κ2) is 4.91. The number of hydrogen-bond acceptors (Lipinski definition) is 3. The van der Waals surface area contributed by atoms with Gasteiger partial charge in [0.2, 0.25) is 0 Å². The van der Waals surface area contributed by atoms with Crippen molar-refractivity contribution in [3.05, 3.63) is 22.5 Å². The van der Waals surface area contributed by atoms with Crippen LogP contribution in [0.25, 0.3) is 4.96 Å². The van der Waals surface area contributed by atoms with Crippen molar-refractivity contribution in [3.63, 3.8) is 0 Å². The molecule has 0 saturated heterocycles. The van der Waals surface area contributed by atoms with Crippen molar-refractivity contribution in [1.29, 1.82) is 0 Å². The highest BCUT2D eigenvalue weighted by molar-refractivity contribution is 7.15. The Bertz CT molecular complexity index is 583. The van der Waals surface area contributed by atoms with E-state index in [0.29, 0.717) is 6.04 Å². The molecule has 0 bridgehead atoms. The standard InChI is InChI=1S/C15H23N3S/c1-9-5-6-13(11(9)3)16-7-14-12(4)17-15-18(14)10(2)8-19-15/h8-9,11,13,16H,5-7H2,1-4H3. The number of nitrogens with zero attached hydrogens (tertiary/aromatic N) is 2. The number of rotatable bonds is 3. The smallest absolute Gasteiger partial charge is 0.194 e. The molecule has 0 aromatic carbocycles. The Hall–Kier alpha value is -0.870. The molecule has 3 rings (SSSR count). The molecule has 3 nitrogen and oxygen atoms in total. The number of fused-ring (bicyclic) bond motifs is 1. The lowest BCUT2D eigenvalue weighted by Crippen LogP contribution is -2.32. The van der Waals surface area contributed by atoms with Crippen molar-refractivity contribution in [2.24, 2.45) is 11.8 Å². The minimum absolute atomic E-state index is 0.666. The van der Waals surface area contributed by atoms with Crippen LogP contribution < -0.4 is 5.32 Å². The lowest BCUT2D eigenvalue weighted by molar-refractivity contribution is 0.368. The summed E-state index contributed by atoms with van der Waals surface area (Å²) < 4.78 is 2.30. The first-order chi connectivity index (χ1) is 9.08. The number of hydrogen-bond donors (Lipinski definition) is 1. The second-order valence-corrected chi connectivity index (χ2v) is 6.88. The molecule has 0 amide bonds. The number of imidazole rings is 1. The summed E-state index contributed by atoms with van der Waals surface area (Å²) in [5.41, 5.74) is 3.80. The van der Waals surface area contributed by atoms with Gasteiger partial charge in [0.15, 0.2) is 4.96 Å². The first-order valence-corrected chi connectivity index (χ1v) is 8.11. The summed E-state index contributed by atoms with van der Waals surface area (Å²) in [7, 11) is 0. The summed E-state index contributed by atoms with van der Waals surface area (Å²) in [6.45, 7) is 9.97. The molecule has 2 heterocycles. The molecule has 4 heteroatoms. The number of thiazole rings is 1. The molecule has 2 aromatic rings. The van der Waals surface area contributed by atoms with Gasteiger partial charge < -0.3 is 5.32 Å². The van der Waals surface area contributed by atoms with Gasteiger partial charge in [-0.25, -0.2) is 4.98 Å². The van der Waals surface area contributed by atoms with Gasteiger partial charge in [0.25, 0.3) is 0 Å². The van der Waals surface area contributed by atoms with Gasteiger partial charge in [0, 0.05) is 23.7 Å². The Balaban J connectivity index is 1.78. The lowest BCUT2D eigenvalue weighted by atomic mass is 9.98. The molecule has 0 radical (unpaired) electrons. The zero-order chi connectivity index (χ0) is 13.6. The zero-order valence-corrected chi connectivity index (χ0v) is 13.0. The molecular weight excluding hydrogens is 254 g/mol. The van der Waals surface area contributed by atoms with Crippen LogP contribution in [0.3, 0.4) is 0 Å². The predicted octanol–water partition coefficient (Wildman–Crippen LogP) is 3.54. The van der Waals surface area contributed by atoms with Crippen LogP contribution in [0.2, 0.25) is 0 Å². The molecule has 1 N–H and O–H groups in total. The van der Waals surface area contributed by atoms with E-state index in [1.165, 1.54) is 29.9 Å². The van der Waals surface area contributed by atoms with Gasteiger partial charge in [-0.15, -0.1) is 11.3 Å². The molecule has 1 saturated carbocycles. The summed E-state index contributed by atoms with van der Waals surface area (Å²) in [6.07, 6.45) is 2.67. The molecular formula is C15H23N3S. The van der Waals surface area contributed by atoms with E-state index < -0.39 is 0 Å². The Morgan fingerprint density at radius 2 is 2.16 bits per heavy atom. The van der Waals surface area contributed by atoms with Crippen molar-refractivity contribution in [2.75, 3.05) is 0 Å². The van der Waals surface area contributed by atoms with Gasteiger partial charge in [-0.1, -0.05) is 13.8 Å². The monoisotopic (exact) mass is 277 g/mol. The number of nitrogens with one attached hydrogen (secondary N) is 1. The zero-order valence-electron chi connectivity index (χ0n) is 12.2. The fraction of sp³-hybridized carbons (Fsp3) is 0.667. The van der Waals surface area contributed by atoms with Crippen LogP contribution in [0.1, 0.15) is 43.8 Å². The molecule has 0 spiro atoms. The van der Waals surface area contributed by atoms with Gasteiger partial charge in [-0.05, 0) is 38.5 Å². The molecule has 1 fully saturated rings. The first kappa shape index (κ1) is 13.1. The van der Waals surface area contributed by atoms with Gasteiger partial charge in [0.1, 0.15) is 0 Å². The van der Waals surface area contributed by atoms with E-state index in [9.17, 15) is 0 Å². The summed E-state index contributed by atoms with van der Waals surface area (Å²) in [4.78, 5) is 5.78. The van der Waals surface area contributed by atoms with Crippen LogP contribution >= 0.6 is 11.3 Å². The normalized spacial score (nSPS) is 27.5. The van der Waals surface area contributed by atoms with E-state index in [1.807, 2.05) is 0 Å². The average Bonchev–Trinajstić information content (AvgIpc) is 2.98. The fourth-order valence-corrected chi connectivity index (χ4v) is 4.19. The Kier molecular flexibility index (Phi) is 3.39. The van der Waals surface area contributed by atoms with Crippen molar-refractivity contribution in [2.45, 2.75) is 53.1 Å². The summed E-state index contributed by atoms with van der Waals surface area (Å²) in [5.74, 6) is 1.64. The maximum Gasteiger partial charge on any atom is 0.194 e. The molecule has 2 aromatic heterocycles. The SMILES string of the molecule is Cc1nc2scc(C)n2c1CNC1CCC(C)C1C. The molecule has 1 aliphatic carbocycles. The molecule has 19 heavy (non-hydrogen) atoms. The highest BCUT2D eigenvalue weighted by atomic mass is 32.1. The topological polar surface area (TPSA) is 29.3 Å². The van der Waals surface area contributed by atoms with Crippen LogP contribution in [0.15, 0.2) is 5.38 Å². The Morgan fingerprint density at radius 3 is 2.84 bits per heavy atom. The fourth-order valence-electron chi connectivity index (χ4n) is 3.26. The minimum atomic E-state index is 0.666. The van der Waals surface area contributed by atoms with E-state index in [0.717, 1.165) is 23.3 Å². The van der Waals surface area contributed by atoms with Crippen molar-refractivity contribution in [1.82, 2.24) is 14.7 Å². The number of aromatic nitrogens is 2. The number of aryl methyl sites for hydroxylation is 2. The van der Waals surface area contributed by atoms with Crippen LogP contribution in [-0.2, 0) is 6.54 Å². The van der Waals surface area contributed by atoms with E-state index in [-0.39, 0.29) is 0 Å². The lowest BCUT2D eigenvalue weighted by Gasteiger charge is -2.19. The molecule has 1 aliphatic rings. The van der Waals surface area contributed by atoms with Gasteiger partial charge in [-0.3, -0.25) is 4.40 Å². The predicted molar refractivity (Wildman–Crippen MR) is 80.7 cm³/mol. The Labute approximate surface area is 119 Å². The highest BCUT2D eigenvalue weighted by Crippen LogP contribution is 2.31. The van der Waals surface area contributed by atoms with Gasteiger partial charge >= 0.3 is 0 Å². The van der Waals surface area contributed by atoms with Crippen molar-refractivity contribution < 1.29 is 0 Å². The van der Waals surface area contributed by atoms with E-state index in [2.05, 4.69) is 47.8 Å². The van der Waals surface area contributed by atoms with Crippen molar-refractivity contribution in [3.8, 4) is 0 Å². The van der Waals surface area contributed by atoms with E-state index in [4.69, 9.17) is 0 Å². The maximum absolute atomic E-state index is 4.65. The summed E-state index contributed by atoms with van der Waals surface area (Å²) in [5, 5.41) is 5.94. The first-order valence-electron chi connectivity index (χ1n) is 7.23. The third-order valence-electron chi connectivity index (χ3n) is 4.83. The summed E-state index contributed by atoms with van der Waals surface area (Å²) in [6, 6.07) is 0.666. The largest absolute Gasteiger partial charge is 0.308 e. The Morgan fingerprint density at radius 1 is 1.37 bits per heavy atom.